The van der Waals surface area contributed by atoms with Gasteiger partial charge in [-0.05, 0) is 92.7 Å². The third-order valence-corrected chi connectivity index (χ3v) is 10.2. The van der Waals surface area contributed by atoms with E-state index in [2.05, 4.69) is 17.7 Å². The van der Waals surface area contributed by atoms with E-state index in [1.807, 2.05) is 55.6 Å². The first-order valence-electron chi connectivity index (χ1n) is 19.1. The van der Waals surface area contributed by atoms with Crippen molar-refractivity contribution in [2.45, 2.75) is 188 Å². The molecule has 3 aliphatic rings. The maximum Gasteiger partial charge on any atom is 0.311 e. The fraction of sp³-hybridized carbons (Fsp3) is 0.900. The SMILES string of the molecule is C#C.CC.CC1CC(N(C)C)CC(O)O1.CCC1OC(=O)C(C)C(O[C@H]2CC(C)[C@@H](O)C(C)O2)C(C)C[C@@](C)(O)CCC(=O)[C@H](C)C[C@]1(C)O.CO. The molecule has 3 rings (SSSR count). The molecule has 0 radical (unpaired) electrons. The zero-order valence-electron chi connectivity index (χ0n) is 34.9. The van der Waals surface area contributed by atoms with Gasteiger partial charge in [0.2, 0.25) is 0 Å². The molecular weight excluding hydrogens is 670 g/mol. The van der Waals surface area contributed by atoms with Gasteiger partial charge >= 0.3 is 5.97 Å². The van der Waals surface area contributed by atoms with Crippen LogP contribution in [0.2, 0.25) is 0 Å². The van der Waals surface area contributed by atoms with Crippen LogP contribution < -0.4 is 0 Å². The molecule has 3 saturated heterocycles. The van der Waals surface area contributed by atoms with Crippen LogP contribution in [-0.2, 0) is 28.5 Å². The monoisotopic (exact) mass is 748 g/mol. The van der Waals surface area contributed by atoms with E-state index in [9.17, 15) is 30.0 Å². The number of cyclic esters (lactones) is 1. The van der Waals surface area contributed by atoms with Gasteiger partial charge in [-0.2, -0.15) is 0 Å². The number of rotatable bonds is 4. The van der Waals surface area contributed by atoms with Crippen LogP contribution in [0.25, 0.3) is 0 Å². The molecule has 308 valence electrons. The molecule has 5 N–H and O–H groups in total. The Balaban J connectivity index is 0. The summed E-state index contributed by atoms with van der Waals surface area (Å²) in [6.45, 7) is 20.3. The van der Waals surface area contributed by atoms with Crippen molar-refractivity contribution >= 4 is 11.8 Å². The maximum absolute atomic E-state index is 13.3. The lowest BCUT2D eigenvalue weighted by Gasteiger charge is -2.41. The lowest BCUT2D eigenvalue weighted by atomic mass is 9.79. The Morgan fingerprint density at radius 3 is 1.92 bits per heavy atom. The van der Waals surface area contributed by atoms with Gasteiger partial charge < -0.3 is 49.4 Å². The second kappa shape index (κ2) is 25.4. The number of aliphatic hydroxyl groups is 5. The second-order valence-electron chi connectivity index (χ2n) is 15.3. The van der Waals surface area contributed by atoms with Gasteiger partial charge in [0.25, 0.3) is 0 Å². The number of terminal acetylenes is 1. The molecule has 14 atom stereocenters. The summed E-state index contributed by atoms with van der Waals surface area (Å²) in [6, 6.07) is 0.466. The summed E-state index contributed by atoms with van der Waals surface area (Å²) in [5, 5.41) is 48.7. The number of hydrogen-bond donors (Lipinski definition) is 5. The van der Waals surface area contributed by atoms with Gasteiger partial charge in [0, 0.05) is 38.3 Å². The van der Waals surface area contributed by atoms with Crippen molar-refractivity contribution in [1.82, 2.24) is 4.90 Å². The molecule has 0 aromatic heterocycles. The third kappa shape index (κ3) is 17.7. The first-order valence-corrected chi connectivity index (χ1v) is 19.1. The van der Waals surface area contributed by atoms with Crippen molar-refractivity contribution in [1.29, 1.82) is 0 Å². The lowest BCUT2D eigenvalue weighted by Crippen LogP contribution is -2.49. The van der Waals surface area contributed by atoms with E-state index in [0.717, 1.165) is 20.0 Å². The molecule has 0 aliphatic carbocycles. The minimum atomic E-state index is -1.37. The number of ether oxygens (including phenoxy) is 4. The predicted octanol–water partition coefficient (Wildman–Crippen LogP) is 4.70. The number of ketones is 1. The van der Waals surface area contributed by atoms with Crippen LogP contribution in [-0.4, -0.2) is 124 Å². The molecule has 9 unspecified atom stereocenters. The van der Waals surface area contributed by atoms with Gasteiger partial charge in [-0.15, -0.1) is 12.8 Å². The topological polar surface area (TPSA) is 175 Å². The molecule has 52 heavy (non-hydrogen) atoms. The zero-order valence-corrected chi connectivity index (χ0v) is 34.9. The normalized spacial score (nSPS) is 40.3. The van der Waals surface area contributed by atoms with Crippen LogP contribution in [0.15, 0.2) is 0 Å². The van der Waals surface area contributed by atoms with Crippen LogP contribution in [0.3, 0.4) is 0 Å². The molecule has 0 aromatic rings. The number of carbonyl (C=O) groups is 2. The van der Waals surface area contributed by atoms with Gasteiger partial charge in [0.1, 0.15) is 11.9 Å². The highest BCUT2D eigenvalue weighted by atomic mass is 16.7. The minimum absolute atomic E-state index is 0.0319. The molecular formula is C40H77NO11. The van der Waals surface area contributed by atoms with Gasteiger partial charge in [-0.1, -0.05) is 41.5 Å². The molecule has 3 aliphatic heterocycles. The Kier molecular flexibility index (Phi) is 25.6. The fourth-order valence-electron chi connectivity index (χ4n) is 7.25. The van der Waals surface area contributed by atoms with Crippen LogP contribution >= 0.6 is 0 Å². The number of aliphatic hydroxyl groups excluding tert-OH is 3. The quantitative estimate of drug-likeness (QED) is 0.199. The molecule has 0 aromatic carbocycles. The van der Waals surface area contributed by atoms with Gasteiger partial charge in [-0.3, -0.25) is 9.59 Å². The van der Waals surface area contributed by atoms with Gasteiger partial charge in [0.05, 0.1) is 41.5 Å². The molecule has 3 fully saturated rings. The van der Waals surface area contributed by atoms with Gasteiger partial charge in [-0.25, -0.2) is 0 Å². The van der Waals surface area contributed by atoms with Crippen LogP contribution in [0, 0.1) is 36.5 Å². The Morgan fingerprint density at radius 1 is 0.885 bits per heavy atom. The number of nitrogens with zero attached hydrogens (tertiary/aromatic N) is 1. The summed E-state index contributed by atoms with van der Waals surface area (Å²) < 4.78 is 23.3. The smallest absolute Gasteiger partial charge is 0.311 e. The minimum Gasteiger partial charge on any atom is -0.459 e. The van der Waals surface area contributed by atoms with E-state index in [-0.39, 0.29) is 43.0 Å². The van der Waals surface area contributed by atoms with Crippen molar-refractivity contribution in [3.63, 3.8) is 0 Å². The standard InChI is InChI=1S/C27H48O8.C8H17NO2.C2H6.C2H2.CH4O/c1-9-21-27(8,32)14-16(3)20(28)10-11-26(7,31)13-17(4)24(18(5)25(30)34-21)35-22-12-15(2)23(29)19(6)33-22;1-6-4-7(9(2)3)5-8(10)11-6;3*1-2/h15-19,21-24,29,31-32H,9-14H2,1-8H3;6-8,10H,4-5H2,1-3H3;1-2H3;1-2H;2H,1H3/t15?,16-,17?,18?,19?,21?,22+,23-,24?,26+,27+;;;;/m1..../s1. The van der Waals surface area contributed by atoms with Crippen molar-refractivity contribution in [3.8, 4) is 12.8 Å². The number of hydrogen-bond acceptors (Lipinski definition) is 12. The lowest BCUT2D eigenvalue weighted by molar-refractivity contribution is -0.262. The Hall–Kier alpha value is -1.66. The summed E-state index contributed by atoms with van der Waals surface area (Å²) in [5.41, 5.74) is -2.51. The summed E-state index contributed by atoms with van der Waals surface area (Å²) in [5.74, 6) is -1.93. The van der Waals surface area contributed by atoms with Crippen LogP contribution in [0.1, 0.15) is 128 Å². The molecule has 12 heteroatoms. The average Bonchev–Trinajstić information content (AvgIpc) is 3.08. The Bertz CT molecular complexity index is 981. The molecule has 0 spiro atoms. The number of Topliss-reactive ketones (excluding diaryl/α,β-unsaturated/α-hetero) is 1. The van der Waals surface area contributed by atoms with Crippen LogP contribution in [0.5, 0.6) is 0 Å². The summed E-state index contributed by atoms with van der Waals surface area (Å²) in [7, 11) is 5.07. The largest absolute Gasteiger partial charge is 0.459 e. The average molecular weight is 748 g/mol. The van der Waals surface area contributed by atoms with E-state index in [1.54, 1.807) is 34.6 Å². The van der Waals surface area contributed by atoms with E-state index in [0.29, 0.717) is 25.3 Å². The van der Waals surface area contributed by atoms with Crippen molar-refractivity contribution < 1.29 is 54.1 Å². The highest BCUT2D eigenvalue weighted by Gasteiger charge is 2.43. The fourth-order valence-corrected chi connectivity index (χ4v) is 7.25. The Morgan fingerprint density at radius 2 is 1.44 bits per heavy atom. The van der Waals surface area contributed by atoms with E-state index in [1.165, 1.54) is 0 Å². The predicted molar refractivity (Wildman–Crippen MR) is 204 cm³/mol. The molecule has 0 amide bonds. The molecule has 12 nitrogen and oxygen atoms in total. The Labute approximate surface area is 315 Å². The summed E-state index contributed by atoms with van der Waals surface area (Å²) in [4.78, 5) is 28.2. The van der Waals surface area contributed by atoms with E-state index in [4.69, 9.17) is 24.1 Å². The van der Waals surface area contributed by atoms with Crippen molar-refractivity contribution in [2.24, 2.45) is 23.7 Å². The molecule has 0 bridgehead atoms. The third-order valence-electron chi connectivity index (χ3n) is 10.2. The number of esters is 1. The number of carbonyl (C=O) groups excluding carboxylic acids is 2. The van der Waals surface area contributed by atoms with E-state index >= 15 is 0 Å². The summed E-state index contributed by atoms with van der Waals surface area (Å²) >= 11 is 0. The second-order valence-corrected chi connectivity index (χ2v) is 15.3. The van der Waals surface area contributed by atoms with E-state index < -0.39 is 66.0 Å². The highest BCUT2D eigenvalue weighted by molar-refractivity contribution is 5.80. The molecule has 3 heterocycles. The highest BCUT2D eigenvalue weighted by Crippen LogP contribution is 2.35. The van der Waals surface area contributed by atoms with Crippen molar-refractivity contribution in [2.75, 3.05) is 21.2 Å². The first-order chi connectivity index (χ1) is 24.2. The summed E-state index contributed by atoms with van der Waals surface area (Å²) in [6.07, 6.45) is 8.23. The van der Waals surface area contributed by atoms with Gasteiger partial charge in [0.15, 0.2) is 12.6 Å². The first kappa shape index (κ1) is 52.4. The van der Waals surface area contributed by atoms with Crippen molar-refractivity contribution in [3.05, 3.63) is 0 Å². The molecule has 0 saturated carbocycles. The van der Waals surface area contributed by atoms with Crippen LogP contribution in [0.4, 0.5) is 0 Å². The zero-order chi connectivity index (χ0) is 41.1. The maximum atomic E-state index is 13.3.